The van der Waals surface area contributed by atoms with Crippen LogP contribution in [0, 0.1) is 0 Å². The molecule has 26 heavy (non-hydrogen) atoms. The molecule has 0 fully saturated rings. The lowest BCUT2D eigenvalue weighted by molar-refractivity contribution is 0.0826. The Morgan fingerprint density at radius 2 is 1.73 bits per heavy atom. The first-order valence-electron chi connectivity index (χ1n) is 7.43. The van der Waals surface area contributed by atoms with Crippen LogP contribution in [0.2, 0.25) is 10.0 Å². The minimum Gasteiger partial charge on any atom is -0.490 e. The van der Waals surface area contributed by atoms with Crippen molar-refractivity contribution in [3.05, 3.63) is 58.1 Å². The predicted octanol–water partition coefficient (Wildman–Crippen LogP) is 5.90. The fourth-order valence-electron chi connectivity index (χ4n) is 1.97. The molecular formula is C17H14Cl5NO3. The smallest absolute Gasteiger partial charge is 0.254 e. The van der Waals surface area contributed by atoms with Crippen molar-refractivity contribution in [2.24, 2.45) is 0 Å². The van der Waals surface area contributed by atoms with Gasteiger partial charge in [-0.2, -0.15) is 0 Å². The van der Waals surface area contributed by atoms with E-state index in [1.54, 1.807) is 24.3 Å². The second-order valence-corrected chi connectivity index (χ2v) is 8.20. The minimum atomic E-state index is -1.94. The maximum absolute atomic E-state index is 12.5. The van der Waals surface area contributed by atoms with Gasteiger partial charge in [-0.05, 0) is 37.3 Å². The van der Waals surface area contributed by atoms with E-state index in [4.69, 9.17) is 67.5 Å². The minimum absolute atomic E-state index is 0.229. The molecular weight excluding hydrogens is 443 g/mol. The van der Waals surface area contributed by atoms with Gasteiger partial charge in [-0.3, -0.25) is 4.79 Å². The normalized spacial score (nSPS) is 12.4. The molecule has 1 amide bonds. The summed E-state index contributed by atoms with van der Waals surface area (Å²) in [5.41, 5.74) is 0.236. The molecule has 0 saturated heterocycles. The lowest BCUT2D eigenvalue weighted by Gasteiger charge is -2.27. The molecule has 2 aromatic carbocycles. The van der Waals surface area contributed by atoms with Crippen LogP contribution in [0.3, 0.4) is 0 Å². The summed E-state index contributed by atoms with van der Waals surface area (Å²) in [6.45, 7) is 2.25. The Morgan fingerprint density at radius 1 is 1.08 bits per heavy atom. The van der Waals surface area contributed by atoms with Gasteiger partial charge in [0.25, 0.3) is 5.91 Å². The number of halogens is 5. The molecule has 0 aromatic heterocycles. The van der Waals surface area contributed by atoms with Gasteiger partial charge in [-0.1, -0.05) is 70.1 Å². The number of para-hydroxylation sites is 2. The number of hydrogen-bond donors (Lipinski definition) is 1. The molecule has 0 saturated carbocycles. The van der Waals surface area contributed by atoms with Gasteiger partial charge in [-0.25, -0.2) is 0 Å². The van der Waals surface area contributed by atoms with Gasteiger partial charge in [0, 0.05) is 5.56 Å². The van der Waals surface area contributed by atoms with Crippen molar-refractivity contribution in [3.8, 4) is 11.5 Å². The zero-order valence-corrected chi connectivity index (χ0v) is 17.2. The highest BCUT2D eigenvalue weighted by Crippen LogP contribution is 2.35. The number of nitrogens with one attached hydrogen (secondary N) is 1. The fraction of sp³-hybridized carbons (Fsp3) is 0.235. The van der Waals surface area contributed by atoms with E-state index in [0.29, 0.717) is 23.1 Å². The Labute approximate surface area is 176 Å². The third-order valence-electron chi connectivity index (χ3n) is 3.14. The molecule has 0 radical (unpaired) electrons. The van der Waals surface area contributed by atoms with Crippen LogP contribution in [0.4, 0.5) is 0 Å². The van der Waals surface area contributed by atoms with Crippen molar-refractivity contribution in [2.75, 3.05) is 6.61 Å². The number of amides is 1. The summed E-state index contributed by atoms with van der Waals surface area (Å²) in [4.78, 5) is 12.5. The molecule has 0 bridgehead atoms. The van der Waals surface area contributed by atoms with E-state index >= 15 is 0 Å². The Hall–Kier alpha value is -1.04. The van der Waals surface area contributed by atoms with E-state index in [0.717, 1.165) is 0 Å². The number of rotatable bonds is 6. The average Bonchev–Trinajstić information content (AvgIpc) is 2.57. The van der Waals surface area contributed by atoms with Crippen molar-refractivity contribution in [3.63, 3.8) is 0 Å². The zero-order valence-electron chi connectivity index (χ0n) is 13.4. The first kappa shape index (κ1) is 21.3. The Balaban J connectivity index is 2.23. The summed E-state index contributed by atoms with van der Waals surface area (Å²) < 4.78 is 9.23. The molecule has 0 aliphatic heterocycles. The Bertz CT molecular complexity index is 779. The molecule has 140 valence electrons. The molecule has 0 spiro atoms. The van der Waals surface area contributed by atoms with E-state index in [2.05, 4.69) is 5.32 Å². The van der Waals surface area contributed by atoms with Crippen molar-refractivity contribution in [1.82, 2.24) is 5.32 Å². The molecule has 2 aromatic rings. The first-order chi connectivity index (χ1) is 12.2. The summed E-state index contributed by atoms with van der Waals surface area (Å²) in [6, 6.07) is 11.2. The Kier molecular flexibility index (Phi) is 7.56. The van der Waals surface area contributed by atoms with E-state index in [1.807, 2.05) is 6.92 Å². The lowest BCUT2D eigenvalue weighted by Crippen LogP contribution is -2.47. The Morgan fingerprint density at radius 3 is 2.31 bits per heavy atom. The number of carbonyl (C=O) groups excluding carboxylic acids is 1. The van der Waals surface area contributed by atoms with Crippen LogP contribution in [0.1, 0.15) is 17.3 Å². The van der Waals surface area contributed by atoms with Crippen molar-refractivity contribution >= 4 is 63.9 Å². The van der Waals surface area contributed by atoms with E-state index in [9.17, 15) is 4.79 Å². The summed E-state index contributed by atoms with van der Waals surface area (Å²) in [5.74, 6) is 0.229. The molecule has 1 N–H and O–H groups in total. The number of alkyl halides is 3. The molecule has 0 aliphatic rings. The zero-order chi connectivity index (χ0) is 19.3. The predicted molar refractivity (Wildman–Crippen MR) is 106 cm³/mol. The van der Waals surface area contributed by atoms with Gasteiger partial charge in [-0.15, -0.1) is 0 Å². The summed E-state index contributed by atoms with van der Waals surface area (Å²) in [5, 5.41) is 3.07. The van der Waals surface area contributed by atoms with E-state index in [1.165, 1.54) is 18.2 Å². The molecule has 9 heteroatoms. The highest BCUT2D eigenvalue weighted by atomic mass is 35.6. The first-order valence-corrected chi connectivity index (χ1v) is 9.32. The largest absolute Gasteiger partial charge is 0.490 e. The van der Waals surface area contributed by atoms with Crippen molar-refractivity contribution in [2.45, 2.75) is 16.9 Å². The summed E-state index contributed by atoms with van der Waals surface area (Å²) in [7, 11) is 0. The lowest BCUT2D eigenvalue weighted by atomic mass is 10.2. The second kappa shape index (κ2) is 9.25. The quantitative estimate of drug-likeness (QED) is 0.434. The van der Waals surface area contributed by atoms with Crippen LogP contribution in [0.15, 0.2) is 42.5 Å². The average molecular weight is 458 g/mol. The SMILES string of the molecule is CCOc1ccccc1OC(NC(=O)c1ccc(Cl)c(Cl)c1)C(Cl)(Cl)Cl. The van der Waals surface area contributed by atoms with Gasteiger partial charge >= 0.3 is 0 Å². The third kappa shape index (κ3) is 5.73. The fourth-order valence-corrected chi connectivity index (χ4v) is 2.56. The summed E-state index contributed by atoms with van der Waals surface area (Å²) in [6.07, 6.45) is -1.28. The van der Waals surface area contributed by atoms with Crippen LogP contribution >= 0.6 is 58.0 Å². The topological polar surface area (TPSA) is 47.6 Å². The number of ether oxygens (including phenoxy) is 2. The number of benzene rings is 2. The van der Waals surface area contributed by atoms with Gasteiger partial charge in [0.15, 0.2) is 11.5 Å². The monoisotopic (exact) mass is 455 g/mol. The van der Waals surface area contributed by atoms with E-state index < -0.39 is 15.9 Å². The molecule has 1 atom stereocenters. The second-order valence-electron chi connectivity index (χ2n) is 5.02. The van der Waals surface area contributed by atoms with Gasteiger partial charge in [0.05, 0.1) is 16.7 Å². The summed E-state index contributed by atoms with van der Waals surface area (Å²) >= 11 is 29.7. The third-order valence-corrected chi connectivity index (χ3v) is 4.47. The molecule has 1 unspecified atom stereocenters. The molecule has 0 aliphatic carbocycles. The molecule has 0 heterocycles. The van der Waals surface area contributed by atoms with E-state index in [-0.39, 0.29) is 10.6 Å². The standard InChI is InChI=1S/C17H14Cl5NO3/c1-2-25-13-5-3-4-6-14(13)26-16(17(20,21)22)23-15(24)10-7-8-11(18)12(19)9-10/h3-9,16H,2H2,1H3,(H,23,24). The number of hydrogen-bond acceptors (Lipinski definition) is 3. The molecule has 4 nitrogen and oxygen atoms in total. The van der Waals surface area contributed by atoms with Crippen LogP contribution in [-0.4, -0.2) is 22.5 Å². The maximum Gasteiger partial charge on any atom is 0.254 e. The maximum atomic E-state index is 12.5. The van der Waals surface area contributed by atoms with Crippen molar-refractivity contribution < 1.29 is 14.3 Å². The van der Waals surface area contributed by atoms with Gasteiger partial charge in [0.1, 0.15) is 0 Å². The van der Waals surface area contributed by atoms with Crippen LogP contribution in [0.25, 0.3) is 0 Å². The molecule has 2 rings (SSSR count). The van der Waals surface area contributed by atoms with Crippen LogP contribution < -0.4 is 14.8 Å². The van der Waals surface area contributed by atoms with Crippen molar-refractivity contribution in [1.29, 1.82) is 0 Å². The highest BCUT2D eigenvalue weighted by molar-refractivity contribution is 6.68. The van der Waals surface area contributed by atoms with Crippen LogP contribution in [0.5, 0.6) is 11.5 Å². The van der Waals surface area contributed by atoms with Gasteiger partial charge in [0.2, 0.25) is 10.0 Å². The van der Waals surface area contributed by atoms with Crippen LogP contribution in [-0.2, 0) is 0 Å². The van der Waals surface area contributed by atoms with Gasteiger partial charge < -0.3 is 14.8 Å². The number of carbonyl (C=O) groups is 1. The highest BCUT2D eigenvalue weighted by Gasteiger charge is 2.37.